The Morgan fingerprint density at radius 1 is 1.27 bits per heavy atom. The normalized spacial score (nSPS) is 26.4. The minimum absolute atomic E-state index is 0.104. The predicted octanol–water partition coefficient (Wildman–Crippen LogP) is 1.43. The summed E-state index contributed by atoms with van der Waals surface area (Å²) >= 11 is 0. The Bertz CT molecular complexity index is 1170. The van der Waals surface area contributed by atoms with Crippen LogP contribution in [-0.2, 0) is 0 Å². The number of aromatic nitrogens is 1. The summed E-state index contributed by atoms with van der Waals surface area (Å²) in [6, 6.07) is 4.35. The maximum atomic E-state index is 14.4. The van der Waals surface area contributed by atoms with Crippen LogP contribution in [0.2, 0.25) is 0 Å². The molecule has 0 saturated carbocycles. The van der Waals surface area contributed by atoms with Gasteiger partial charge in [-0.05, 0) is 38.3 Å². The first-order valence-corrected chi connectivity index (χ1v) is 10.2. The Morgan fingerprint density at radius 2 is 2.03 bits per heavy atom. The number of rotatable bonds is 2. The van der Waals surface area contributed by atoms with E-state index in [1.54, 1.807) is 12.1 Å². The molecule has 2 unspecified atom stereocenters. The number of H-pyrrole nitrogens is 1. The van der Waals surface area contributed by atoms with E-state index >= 15 is 0 Å². The standard InChI is InChI=1S/C22H25FN6O/c1-22-12-13(29-10-8-28(2)9-11-29)6-7-16(22)26-20(27-22)18-19(24)17-14(23)4-3-5-15(17)25-21(18)30/h3-7,12,16H,8-11H2,1-2H3,(H,26,27)(H3,24,25,30). The lowest BCUT2D eigenvalue weighted by Crippen LogP contribution is -2.50. The van der Waals surface area contributed by atoms with Crippen LogP contribution in [0.5, 0.6) is 0 Å². The van der Waals surface area contributed by atoms with Crippen LogP contribution in [0, 0.1) is 5.82 Å². The van der Waals surface area contributed by atoms with Crippen molar-refractivity contribution in [3.05, 3.63) is 63.9 Å². The van der Waals surface area contributed by atoms with Gasteiger partial charge in [-0.3, -0.25) is 9.79 Å². The van der Waals surface area contributed by atoms with E-state index in [2.05, 4.69) is 52.3 Å². The zero-order valence-electron chi connectivity index (χ0n) is 17.1. The Balaban J connectivity index is 1.51. The predicted molar refractivity (Wildman–Crippen MR) is 117 cm³/mol. The van der Waals surface area contributed by atoms with Gasteiger partial charge in [-0.2, -0.15) is 0 Å². The van der Waals surface area contributed by atoms with Crippen LogP contribution >= 0.6 is 0 Å². The minimum atomic E-state index is -0.480. The summed E-state index contributed by atoms with van der Waals surface area (Å²) in [6.45, 7) is 6.04. The first-order chi connectivity index (χ1) is 14.4. The number of hydrogen-bond donors (Lipinski definition) is 3. The number of nitrogen functional groups attached to an aromatic ring is 1. The number of likely N-dealkylation sites (N-methyl/N-ethyl adjacent to an activating group) is 1. The number of allylic oxidation sites excluding steroid dienone is 1. The molecule has 2 atom stereocenters. The molecule has 30 heavy (non-hydrogen) atoms. The van der Waals surface area contributed by atoms with Crippen molar-refractivity contribution in [3.8, 4) is 0 Å². The lowest BCUT2D eigenvalue weighted by molar-refractivity contribution is 0.188. The van der Waals surface area contributed by atoms with Crippen LogP contribution in [-0.4, -0.2) is 65.4 Å². The lowest BCUT2D eigenvalue weighted by atomic mass is 9.88. The number of piperazine rings is 1. The van der Waals surface area contributed by atoms with Crippen LogP contribution in [0.1, 0.15) is 12.5 Å². The second-order valence-corrected chi connectivity index (χ2v) is 8.45. The first kappa shape index (κ1) is 18.9. The molecule has 1 aromatic carbocycles. The smallest absolute Gasteiger partial charge is 0.261 e. The van der Waals surface area contributed by atoms with E-state index < -0.39 is 11.4 Å². The van der Waals surface area contributed by atoms with Crippen molar-refractivity contribution >= 4 is 22.4 Å². The summed E-state index contributed by atoms with van der Waals surface area (Å²) in [5.74, 6) is -0.0752. The maximum absolute atomic E-state index is 14.4. The highest BCUT2D eigenvalue weighted by molar-refractivity contribution is 6.10. The van der Waals surface area contributed by atoms with Gasteiger partial charge in [0.05, 0.1) is 28.2 Å². The van der Waals surface area contributed by atoms with Gasteiger partial charge in [0.1, 0.15) is 17.2 Å². The van der Waals surface area contributed by atoms with Crippen molar-refractivity contribution in [1.29, 1.82) is 0 Å². The van der Waals surface area contributed by atoms with Crippen molar-refractivity contribution < 1.29 is 4.39 Å². The fourth-order valence-corrected chi connectivity index (χ4v) is 4.50. The third kappa shape index (κ3) is 2.90. The summed E-state index contributed by atoms with van der Waals surface area (Å²) in [5.41, 5.74) is 7.22. The Hall–Kier alpha value is -3.13. The zero-order chi connectivity index (χ0) is 21.0. The molecular weight excluding hydrogens is 383 g/mol. The number of halogens is 1. The summed E-state index contributed by atoms with van der Waals surface area (Å²) < 4.78 is 14.4. The second-order valence-electron chi connectivity index (χ2n) is 8.45. The number of hydrogen-bond acceptors (Lipinski definition) is 6. The number of benzene rings is 1. The molecule has 1 aliphatic carbocycles. The number of nitrogens with one attached hydrogen (secondary N) is 2. The average molecular weight is 408 g/mol. The van der Waals surface area contributed by atoms with Gasteiger partial charge in [-0.1, -0.05) is 12.1 Å². The van der Waals surface area contributed by atoms with Crippen LogP contribution < -0.4 is 16.6 Å². The molecule has 2 aliphatic heterocycles. The molecule has 5 rings (SSSR count). The van der Waals surface area contributed by atoms with Gasteiger partial charge in [-0.25, -0.2) is 4.39 Å². The highest BCUT2D eigenvalue weighted by atomic mass is 19.1. The number of nitrogens with zero attached hydrogens (tertiary/aromatic N) is 3. The van der Waals surface area contributed by atoms with Crippen LogP contribution in [0.3, 0.4) is 0 Å². The number of aliphatic imine (C=N–C) groups is 1. The van der Waals surface area contributed by atoms with Crippen molar-refractivity contribution in [1.82, 2.24) is 20.1 Å². The highest BCUT2D eigenvalue weighted by Gasteiger charge is 2.41. The fraction of sp³-hybridized carbons (Fsp3) is 0.364. The van der Waals surface area contributed by atoms with E-state index in [4.69, 9.17) is 10.7 Å². The molecule has 2 aromatic rings. The Labute approximate surface area is 173 Å². The van der Waals surface area contributed by atoms with Gasteiger partial charge in [-0.15, -0.1) is 0 Å². The van der Waals surface area contributed by atoms with Gasteiger partial charge in [0, 0.05) is 31.9 Å². The fourth-order valence-electron chi connectivity index (χ4n) is 4.50. The highest BCUT2D eigenvalue weighted by Crippen LogP contribution is 2.32. The van der Waals surface area contributed by atoms with E-state index in [9.17, 15) is 9.18 Å². The molecule has 0 spiro atoms. The molecule has 1 fully saturated rings. The van der Waals surface area contributed by atoms with Gasteiger partial charge in [0.15, 0.2) is 0 Å². The molecule has 0 amide bonds. The molecule has 0 radical (unpaired) electrons. The van der Waals surface area contributed by atoms with Crippen LogP contribution in [0.15, 0.2) is 51.9 Å². The lowest BCUT2D eigenvalue weighted by Gasteiger charge is -2.38. The first-order valence-electron chi connectivity index (χ1n) is 10.2. The number of nitrogens with two attached hydrogens (primary N) is 1. The largest absolute Gasteiger partial charge is 0.397 e. The second kappa shape index (κ2) is 6.70. The molecule has 4 N–H and O–H groups in total. The van der Waals surface area contributed by atoms with Crippen molar-refractivity contribution in [2.45, 2.75) is 18.5 Å². The van der Waals surface area contributed by atoms with Crippen molar-refractivity contribution in [3.63, 3.8) is 0 Å². The monoisotopic (exact) mass is 408 g/mol. The number of pyridine rings is 1. The third-order valence-corrected chi connectivity index (χ3v) is 6.30. The molecule has 1 aromatic heterocycles. The minimum Gasteiger partial charge on any atom is -0.397 e. The molecule has 0 bridgehead atoms. The molecule has 1 saturated heterocycles. The number of aromatic amines is 1. The molecule has 3 aliphatic rings. The van der Waals surface area contributed by atoms with Crippen molar-refractivity contribution in [2.75, 3.05) is 39.0 Å². The van der Waals surface area contributed by atoms with Crippen LogP contribution in [0.4, 0.5) is 10.1 Å². The van der Waals surface area contributed by atoms with E-state index in [1.165, 1.54) is 6.07 Å². The van der Waals surface area contributed by atoms with E-state index in [0.717, 1.165) is 31.9 Å². The number of amidine groups is 1. The number of anilines is 1. The topological polar surface area (TPSA) is 89.8 Å². The summed E-state index contributed by atoms with van der Waals surface area (Å²) in [5, 5.41) is 3.60. The third-order valence-electron chi connectivity index (χ3n) is 6.30. The van der Waals surface area contributed by atoms with Gasteiger partial charge < -0.3 is 25.8 Å². The average Bonchev–Trinajstić information content (AvgIpc) is 3.04. The molecular formula is C22H25FN6O. The van der Waals surface area contributed by atoms with Crippen molar-refractivity contribution in [2.24, 2.45) is 4.99 Å². The number of fused-ring (bicyclic) bond motifs is 2. The Kier molecular flexibility index (Phi) is 4.21. The molecule has 156 valence electrons. The van der Waals surface area contributed by atoms with Gasteiger partial charge in [0.2, 0.25) is 0 Å². The summed E-state index contributed by atoms with van der Waals surface area (Å²) in [4.78, 5) is 24.9. The quantitative estimate of drug-likeness (QED) is 0.700. The SMILES string of the molecule is CN1CCN(C2=CC3(C)NC(c4c(N)c5c(F)cccc5[nH]c4=O)=NC3C=C2)CC1. The van der Waals surface area contributed by atoms with Gasteiger partial charge in [0.25, 0.3) is 5.56 Å². The molecule has 3 heterocycles. The zero-order valence-corrected chi connectivity index (χ0v) is 17.1. The van der Waals surface area contributed by atoms with Crippen LogP contribution in [0.25, 0.3) is 10.9 Å². The van der Waals surface area contributed by atoms with Gasteiger partial charge >= 0.3 is 0 Å². The van der Waals surface area contributed by atoms with E-state index in [-0.39, 0.29) is 28.2 Å². The van der Waals surface area contributed by atoms with E-state index in [0.29, 0.717) is 11.4 Å². The molecule has 7 nitrogen and oxygen atoms in total. The van der Waals surface area contributed by atoms with E-state index in [1.807, 2.05) is 0 Å². The maximum Gasteiger partial charge on any atom is 0.261 e. The summed E-state index contributed by atoms with van der Waals surface area (Å²) in [6.07, 6.45) is 6.32. The Morgan fingerprint density at radius 3 is 2.80 bits per heavy atom. The molecule has 8 heteroatoms. The summed E-state index contributed by atoms with van der Waals surface area (Å²) in [7, 11) is 2.13.